The van der Waals surface area contributed by atoms with E-state index in [0.717, 1.165) is 0 Å². The minimum Gasteiger partial charge on any atom is -0.483 e. The molecule has 9 nitrogen and oxygen atoms in total. The van der Waals surface area contributed by atoms with Crippen molar-refractivity contribution in [3.05, 3.63) is 11.8 Å². The number of carbonyl (C=O) groups is 1. The fourth-order valence-corrected chi connectivity index (χ4v) is 3.44. The lowest BCUT2D eigenvalue weighted by Crippen LogP contribution is -2.60. The lowest BCUT2D eigenvalue weighted by molar-refractivity contribution is 0.00593. The van der Waals surface area contributed by atoms with Crippen LogP contribution in [0.5, 0.6) is 5.75 Å². The summed E-state index contributed by atoms with van der Waals surface area (Å²) in [7, 11) is 5.62. The van der Waals surface area contributed by atoms with E-state index in [1.54, 1.807) is 22.3 Å². The molecule has 156 valence electrons. The molecular weight excluding hydrogens is 372 g/mol. The Hall–Kier alpha value is -3.02. The molecule has 0 spiro atoms. The molecule has 0 aromatic carbocycles. The van der Waals surface area contributed by atoms with E-state index < -0.39 is 5.60 Å². The minimum absolute atomic E-state index is 0.0704. The van der Waals surface area contributed by atoms with E-state index in [2.05, 4.69) is 16.0 Å². The molecule has 2 atom stereocenters. The molecule has 0 N–H and O–H groups in total. The number of pyridine rings is 1. The molecule has 0 unspecified atom stereocenters. The van der Waals surface area contributed by atoms with Gasteiger partial charge in [0, 0.05) is 40.7 Å². The van der Waals surface area contributed by atoms with Gasteiger partial charge in [-0.15, -0.1) is 0 Å². The zero-order valence-electron chi connectivity index (χ0n) is 17.8. The maximum absolute atomic E-state index is 12.5. The number of aromatic nitrogens is 1. The van der Waals surface area contributed by atoms with Gasteiger partial charge in [0.25, 0.3) is 0 Å². The van der Waals surface area contributed by atoms with Crippen molar-refractivity contribution in [2.45, 2.75) is 44.9 Å². The highest BCUT2D eigenvalue weighted by Crippen LogP contribution is 2.41. The van der Waals surface area contributed by atoms with Crippen LogP contribution in [0.2, 0.25) is 0 Å². The van der Waals surface area contributed by atoms with Crippen molar-refractivity contribution in [1.82, 2.24) is 14.8 Å². The van der Waals surface area contributed by atoms with Gasteiger partial charge in [-0.25, -0.2) is 14.8 Å². The van der Waals surface area contributed by atoms with Crippen LogP contribution in [0.15, 0.2) is 11.2 Å². The number of likely N-dealkylation sites (tertiary alicyclic amines) is 1. The normalized spacial score (nSPS) is 21.1. The first-order valence-corrected chi connectivity index (χ1v) is 9.62. The van der Waals surface area contributed by atoms with Crippen molar-refractivity contribution in [3.8, 4) is 11.8 Å². The van der Waals surface area contributed by atoms with Gasteiger partial charge in [0.1, 0.15) is 29.0 Å². The van der Waals surface area contributed by atoms with Crippen LogP contribution in [-0.4, -0.2) is 79.2 Å². The van der Waals surface area contributed by atoms with Crippen molar-refractivity contribution in [3.63, 3.8) is 0 Å². The summed E-state index contributed by atoms with van der Waals surface area (Å²) in [5.74, 6) is 1.04. The monoisotopic (exact) mass is 400 g/mol. The van der Waals surface area contributed by atoms with Gasteiger partial charge < -0.3 is 24.2 Å². The summed E-state index contributed by atoms with van der Waals surface area (Å²) in [5.41, 5.74) is 0.299. The van der Waals surface area contributed by atoms with E-state index in [1.165, 1.54) is 0 Å². The molecule has 29 heavy (non-hydrogen) atoms. The van der Waals surface area contributed by atoms with Crippen LogP contribution < -0.4 is 9.64 Å². The Morgan fingerprint density at radius 3 is 2.83 bits per heavy atom. The zero-order valence-corrected chi connectivity index (χ0v) is 17.8. The Morgan fingerprint density at radius 2 is 2.21 bits per heavy atom. The molecule has 1 aromatic heterocycles. The van der Waals surface area contributed by atoms with Crippen LogP contribution in [0.25, 0.3) is 0 Å². The molecular formula is C20H28N6O3. The second-order valence-electron chi connectivity index (χ2n) is 8.54. The Bertz CT molecular complexity index is 855. The Morgan fingerprint density at radius 1 is 1.48 bits per heavy atom. The molecule has 0 bridgehead atoms. The first-order chi connectivity index (χ1) is 13.6. The van der Waals surface area contributed by atoms with Crippen molar-refractivity contribution in [2.75, 3.05) is 39.1 Å². The van der Waals surface area contributed by atoms with E-state index in [4.69, 9.17) is 9.47 Å². The van der Waals surface area contributed by atoms with E-state index in [0.29, 0.717) is 42.3 Å². The Kier molecular flexibility index (Phi) is 5.55. The summed E-state index contributed by atoms with van der Waals surface area (Å²) in [6, 6.07) is 2.14. The standard InChI is InChI=1S/C20H28N6O3/c1-20(2,3)29-19(27)26-8-7-16-15(11-26)25(6)18-17(28-16)13(9-21)14(10-22-18)23-12-24(4)5/h10,12,15-16H,7-8,11H2,1-6H3/b23-12+/t15-,16-/m1/s1. The second kappa shape index (κ2) is 7.78. The predicted molar refractivity (Wildman–Crippen MR) is 110 cm³/mol. The number of ether oxygens (including phenoxy) is 2. The molecule has 9 heteroatoms. The second-order valence-corrected chi connectivity index (χ2v) is 8.54. The van der Waals surface area contributed by atoms with Gasteiger partial charge in [-0.05, 0) is 20.8 Å². The van der Waals surface area contributed by atoms with Crippen LogP contribution in [0.4, 0.5) is 16.3 Å². The third kappa shape index (κ3) is 4.36. The Labute approximate surface area is 171 Å². The molecule has 1 saturated heterocycles. The van der Waals surface area contributed by atoms with Gasteiger partial charge in [-0.2, -0.15) is 5.26 Å². The highest BCUT2D eigenvalue weighted by molar-refractivity contribution is 5.74. The van der Waals surface area contributed by atoms with Crippen LogP contribution in [0.1, 0.15) is 32.8 Å². The number of anilines is 1. The molecule has 0 saturated carbocycles. The van der Waals surface area contributed by atoms with E-state index in [9.17, 15) is 10.1 Å². The molecule has 0 radical (unpaired) electrons. The lowest BCUT2D eigenvalue weighted by atomic mass is 9.98. The SMILES string of the molecule is CN(C)/C=N/c1cnc2c(c1C#N)O[C@@H]1CCN(C(=O)OC(C)(C)C)C[C@H]1N2C. The first kappa shape index (κ1) is 20.7. The number of fused-ring (bicyclic) bond motifs is 2. The summed E-state index contributed by atoms with van der Waals surface area (Å²) >= 11 is 0. The summed E-state index contributed by atoms with van der Waals surface area (Å²) in [5, 5.41) is 9.71. The molecule has 2 aliphatic rings. The molecule has 1 amide bonds. The molecule has 1 aromatic rings. The average molecular weight is 400 g/mol. The number of carbonyl (C=O) groups excluding carboxylic acids is 1. The molecule has 0 aliphatic carbocycles. The van der Waals surface area contributed by atoms with Crippen LogP contribution in [-0.2, 0) is 4.74 Å². The topological polar surface area (TPSA) is 94.3 Å². The van der Waals surface area contributed by atoms with Crippen LogP contribution in [0, 0.1) is 11.3 Å². The van der Waals surface area contributed by atoms with Crippen LogP contribution >= 0.6 is 0 Å². The highest BCUT2D eigenvalue weighted by atomic mass is 16.6. The van der Waals surface area contributed by atoms with E-state index in [-0.39, 0.29) is 18.2 Å². The molecule has 1 fully saturated rings. The van der Waals surface area contributed by atoms with E-state index >= 15 is 0 Å². The van der Waals surface area contributed by atoms with Gasteiger partial charge in [-0.1, -0.05) is 0 Å². The number of nitriles is 1. The van der Waals surface area contributed by atoms with Crippen molar-refractivity contribution >= 4 is 23.9 Å². The van der Waals surface area contributed by atoms with Crippen molar-refractivity contribution < 1.29 is 14.3 Å². The predicted octanol–water partition coefficient (Wildman–Crippen LogP) is 2.38. The Balaban J connectivity index is 1.86. The van der Waals surface area contributed by atoms with Crippen molar-refractivity contribution in [1.29, 1.82) is 5.26 Å². The largest absolute Gasteiger partial charge is 0.483 e. The lowest BCUT2D eigenvalue weighted by Gasteiger charge is -2.46. The smallest absolute Gasteiger partial charge is 0.410 e. The summed E-state index contributed by atoms with van der Waals surface area (Å²) < 4.78 is 11.7. The summed E-state index contributed by atoms with van der Waals surface area (Å²) in [6.07, 6.45) is 3.37. The summed E-state index contributed by atoms with van der Waals surface area (Å²) in [6.45, 7) is 6.57. The third-order valence-electron chi connectivity index (χ3n) is 4.81. The van der Waals surface area contributed by atoms with Gasteiger partial charge >= 0.3 is 6.09 Å². The molecule has 2 aliphatic heterocycles. The van der Waals surface area contributed by atoms with Gasteiger partial charge in [0.15, 0.2) is 11.6 Å². The molecule has 3 heterocycles. The number of amides is 1. The molecule has 3 rings (SSSR count). The number of hydrogen-bond acceptors (Lipinski definition) is 7. The van der Waals surface area contributed by atoms with Gasteiger partial charge in [0.05, 0.1) is 18.6 Å². The quantitative estimate of drug-likeness (QED) is 0.556. The zero-order chi connectivity index (χ0) is 21.3. The number of piperidine rings is 1. The number of rotatable bonds is 2. The maximum Gasteiger partial charge on any atom is 0.410 e. The first-order valence-electron chi connectivity index (χ1n) is 9.62. The third-order valence-corrected chi connectivity index (χ3v) is 4.81. The van der Waals surface area contributed by atoms with Crippen molar-refractivity contribution in [2.24, 2.45) is 4.99 Å². The average Bonchev–Trinajstić information content (AvgIpc) is 2.64. The number of hydrogen-bond donors (Lipinski definition) is 0. The maximum atomic E-state index is 12.5. The highest BCUT2D eigenvalue weighted by Gasteiger charge is 2.42. The van der Waals surface area contributed by atoms with Crippen LogP contribution in [0.3, 0.4) is 0 Å². The summed E-state index contributed by atoms with van der Waals surface area (Å²) in [4.78, 5) is 26.8. The minimum atomic E-state index is -0.539. The van der Waals surface area contributed by atoms with E-state index in [1.807, 2.05) is 46.8 Å². The van der Waals surface area contributed by atoms with Gasteiger partial charge in [0.2, 0.25) is 0 Å². The van der Waals surface area contributed by atoms with Gasteiger partial charge in [-0.3, -0.25) is 0 Å². The number of aliphatic imine (C=N–C) groups is 1. The number of likely N-dealkylation sites (N-methyl/N-ethyl adjacent to an activating group) is 1. The fraction of sp³-hybridized carbons (Fsp3) is 0.600. The fourth-order valence-electron chi connectivity index (χ4n) is 3.44. The number of nitrogens with zero attached hydrogens (tertiary/aromatic N) is 6.